The fraction of sp³-hybridized carbons (Fsp3) is 0.500. The molecule has 29 heavy (non-hydrogen) atoms. The van der Waals surface area contributed by atoms with Crippen LogP contribution in [0, 0.1) is 27.7 Å². The van der Waals surface area contributed by atoms with Crippen molar-refractivity contribution in [3.8, 4) is 5.69 Å². The number of rotatable bonds is 5. The van der Waals surface area contributed by atoms with E-state index >= 15 is 0 Å². The lowest BCUT2D eigenvalue weighted by Crippen LogP contribution is -2.25. The first-order valence-electron chi connectivity index (χ1n) is 10.8. The van der Waals surface area contributed by atoms with Crippen LogP contribution in [0.1, 0.15) is 78.1 Å². The monoisotopic (exact) mass is 391 g/mol. The van der Waals surface area contributed by atoms with Crippen LogP contribution in [0.25, 0.3) is 5.69 Å². The molecule has 154 valence electrons. The van der Waals surface area contributed by atoms with Crippen LogP contribution in [0.4, 0.5) is 0 Å². The van der Waals surface area contributed by atoms with Gasteiger partial charge in [0.25, 0.3) is 0 Å². The molecule has 0 bridgehead atoms. The van der Waals surface area contributed by atoms with Gasteiger partial charge in [0.05, 0.1) is 17.6 Å². The maximum absolute atomic E-state index is 4.78. The van der Waals surface area contributed by atoms with Crippen molar-refractivity contribution in [1.82, 2.24) is 24.9 Å². The second kappa shape index (κ2) is 7.79. The van der Waals surface area contributed by atoms with Crippen molar-refractivity contribution in [2.24, 2.45) is 0 Å². The number of nitrogens with zero attached hydrogens (tertiary/aromatic N) is 4. The normalized spacial score (nSPS) is 16.4. The van der Waals surface area contributed by atoms with Gasteiger partial charge in [-0.3, -0.25) is 4.68 Å². The molecule has 1 aromatic carbocycles. The van der Waals surface area contributed by atoms with Crippen molar-refractivity contribution in [2.45, 2.75) is 79.4 Å². The Morgan fingerprint density at radius 2 is 1.83 bits per heavy atom. The molecule has 0 amide bonds. The Morgan fingerprint density at radius 3 is 2.48 bits per heavy atom. The average molecular weight is 392 g/mol. The van der Waals surface area contributed by atoms with Gasteiger partial charge in [0.2, 0.25) is 0 Å². The lowest BCUT2D eigenvalue weighted by atomic mass is 9.92. The highest BCUT2D eigenvalue weighted by Crippen LogP contribution is 2.32. The van der Waals surface area contributed by atoms with E-state index in [0.717, 1.165) is 25.1 Å². The zero-order chi connectivity index (χ0) is 20.7. The van der Waals surface area contributed by atoms with E-state index in [9.17, 15) is 0 Å². The highest BCUT2D eigenvalue weighted by Gasteiger charge is 2.25. The average Bonchev–Trinajstić information content (AvgIpc) is 3.21. The number of aryl methyl sites for hydroxylation is 3. The van der Waals surface area contributed by atoms with Crippen molar-refractivity contribution >= 4 is 0 Å². The molecule has 0 fully saturated rings. The van der Waals surface area contributed by atoms with Crippen molar-refractivity contribution in [3.63, 3.8) is 0 Å². The summed E-state index contributed by atoms with van der Waals surface area (Å²) in [4.78, 5) is 0. The van der Waals surface area contributed by atoms with Gasteiger partial charge >= 0.3 is 0 Å². The first-order valence-corrected chi connectivity index (χ1v) is 10.8. The molecule has 1 aliphatic rings. The van der Waals surface area contributed by atoms with Crippen molar-refractivity contribution < 1.29 is 0 Å². The van der Waals surface area contributed by atoms with Crippen LogP contribution in [0.2, 0.25) is 0 Å². The van der Waals surface area contributed by atoms with Crippen LogP contribution < -0.4 is 5.32 Å². The summed E-state index contributed by atoms with van der Waals surface area (Å²) >= 11 is 0. The van der Waals surface area contributed by atoms with E-state index in [1.165, 1.54) is 45.7 Å². The van der Waals surface area contributed by atoms with Gasteiger partial charge in [0, 0.05) is 41.1 Å². The maximum atomic E-state index is 4.78. The fourth-order valence-electron chi connectivity index (χ4n) is 4.75. The molecule has 0 saturated heterocycles. The van der Waals surface area contributed by atoms with E-state index in [-0.39, 0.29) is 0 Å². The number of nitrogens with one attached hydrogen (secondary N) is 1. The lowest BCUT2D eigenvalue weighted by molar-refractivity contribution is 0.453. The topological polar surface area (TPSA) is 47.7 Å². The Kier molecular flexibility index (Phi) is 5.34. The molecular weight excluding hydrogens is 358 g/mol. The molecule has 0 saturated carbocycles. The summed E-state index contributed by atoms with van der Waals surface area (Å²) in [5, 5.41) is 13.3. The highest BCUT2D eigenvalue weighted by molar-refractivity contribution is 5.42. The predicted molar refractivity (Wildman–Crippen MR) is 118 cm³/mol. The van der Waals surface area contributed by atoms with Gasteiger partial charge in [0.15, 0.2) is 0 Å². The third-order valence-corrected chi connectivity index (χ3v) is 6.12. The number of fused-ring (bicyclic) bond motifs is 1. The largest absolute Gasteiger partial charge is 0.306 e. The molecular formula is C24H33N5. The van der Waals surface area contributed by atoms with Gasteiger partial charge in [-0.2, -0.15) is 10.2 Å². The lowest BCUT2D eigenvalue weighted by Gasteiger charge is -2.24. The maximum Gasteiger partial charge on any atom is 0.0654 e. The Labute approximate surface area is 174 Å². The summed E-state index contributed by atoms with van der Waals surface area (Å²) in [6.07, 6.45) is 5.50. The quantitative estimate of drug-likeness (QED) is 0.662. The summed E-state index contributed by atoms with van der Waals surface area (Å²) in [6.45, 7) is 13.8. The Balaban J connectivity index is 1.58. The first-order chi connectivity index (χ1) is 13.8. The minimum Gasteiger partial charge on any atom is -0.306 e. The molecule has 5 heteroatoms. The first kappa shape index (κ1) is 19.9. The molecule has 3 aromatic rings. The van der Waals surface area contributed by atoms with E-state index in [1.807, 2.05) is 0 Å². The van der Waals surface area contributed by atoms with Gasteiger partial charge < -0.3 is 5.32 Å². The summed E-state index contributed by atoms with van der Waals surface area (Å²) in [5.74, 6) is 0. The zero-order valence-corrected chi connectivity index (χ0v) is 18.6. The molecule has 1 unspecified atom stereocenters. The number of benzene rings is 1. The Bertz CT molecular complexity index is 1000. The van der Waals surface area contributed by atoms with Crippen molar-refractivity contribution in [1.29, 1.82) is 0 Å². The second-order valence-corrected chi connectivity index (χ2v) is 8.82. The molecule has 2 heterocycles. The van der Waals surface area contributed by atoms with E-state index < -0.39 is 0 Å². The fourth-order valence-corrected chi connectivity index (χ4v) is 4.75. The van der Waals surface area contributed by atoms with Gasteiger partial charge in [-0.25, -0.2) is 4.68 Å². The predicted octanol–water partition coefficient (Wildman–Crippen LogP) is 5.05. The third-order valence-electron chi connectivity index (χ3n) is 6.12. The van der Waals surface area contributed by atoms with Crippen LogP contribution in [0.15, 0.2) is 24.4 Å². The molecule has 0 spiro atoms. The summed E-state index contributed by atoms with van der Waals surface area (Å²) < 4.78 is 4.28. The standard InChI is InChI=1S/C24H33N5/c1-15(2)28-19(6)21(18(5)27-28)13-25-23-8-7-9-24-22(23)14-26-29(24)20-11-16(3)10-17(4)12-20/h10-12,14-15,23,25H,7-9,13H2,1-6H3. The third kappa shape index (κ3) is 3.76. The van der Waals surface area contributed by atoms with E-state index in [0.29, 0.717) is 12.1 Å². The van der Waals surface area contributed by atoms with Crippen LogP contribution in [0.3, 0.4) is 0 Å². The van der Waals surface area contributed by atoms with Crippen LogP contribution in [-0.2, 0) is 13.0 Å². The van der Waals surface area contributed by atoms with E-state index in [4.69, 9.17) is 10.2 Å². The SMILES string of the molecule is Cc1cc(C)cc(-n2ncc3c2CCCC3NCc2c(C)nn(C(C)C)c2C)c1. The van der Waals surface area contributed by atoms with Gasteiger partial charge in [-0.05, 0) is 84.1 Å². The molecule has 5 nitrogen and oxygen atoms in total. The molecule has 0 radical (unpaired) electrons. The zero-order valence-electron chi connectivity index (χ0n) is 18.6. The van der Waals surface area contributed by atoms with Crippen molar-refractivity contribution in [3.05, 3.63) is 63.7 Å². The smallest absolute Gasteiger partial charge is 0.0654 e. The molecule has 0 aliphatic heterocycles. The molecule has 1 aliphatic carbocycles. The summed E-state index contributed by atoms with van der Waals surface area (Å²) in [6, 6.07) is 7.40. The number of hydrogen-bond acceptors (Lipinski definition) is 3. The van der Waals surface area contributed by atoms with Crippen LogP contribution >= 0.6 is 0 Å². The van der Waals surface area contributed by atoms with Gasteiger partial charge in [-0.1, -0.05) is 6.07 Å². The molecule has 1 atom stereocenters. The number of hydrogen-bond donors (Lipinski definition) is 1. The summed E-state index contributed by atoms with van der Waals surface area (Å²) in [5.41, 5.74) is 10.2. The van der Waals surface area contributed by atoms with Crippen LogP contribution in [0.5, 0.6) is 0 Å². The van der Waals surface area contributed by atoms with Crippen LogP contribution in [-0.4, -0.2) is 19.6 Å². The van der Waals surface area contributed by atoms with Gasteiger partial charge in [-0.15, -0.1) is 0 Å². The van der Waals surface area contributed by atoms with Gasteiger partial charge in [0.1, 0.15) is 0 Å². The second-order valence-electron chi connectivity index (χ2n) is 8.82. The highest BCUT2D eigenvalue weighted by atomic mass is 15.3. The Morgan fingerprint density at radius 1 is 1.10 bits per heavy atom. The van der Waals surface area contributed by atoms with Crippen molar-refractivity contribution in [2.75, 3.05) is 0 Å². The minimum atomic E-state index is 0.347. The minimum absolute atomic E-state index is 0.347. The summed E-state index contributed by atoms with van der Waals surface area (Å²) in [7, 11) is 0. The van der Waals surface area contributed by atoms with E-state index in [1.54, 1.807) is 0 Å². The molecule has 4 rings (SSSR count). The molecule has 2 aromatic heterocycles. The Hall–Kier alpha value is -2.40. The molecule has 1 N–H and O–H groups in total. The van der Waals surface area contributed by atoms with E-state index in [2.05, 4.69) is 80.6 Å². The number of aromatic nitrogens is 4.